The first-order valence-electron chi connectivity index (χ1n) is 6.11. The van der Waals surface area contributed by atoms with Gasteiger partial charge in [0.1, 0.15) is 11.3 Å². The van der Waals surface area contributed by atoms with E-state index in [2.05, 4.69) is 9.97 Å². The summed E-state index contributed by atoms with van der Waals surface area (Å²) in [6.07, 6.45) is 3.43. The fourth-order valence-electron chi connectivity index (χ4n) is 2.10. The third-order valence-electron chi connectivity index (χ3n) is 2.87. The molecule has 0 aliphatic carbocycles. The molecule has 1 aromatic carbocycles. The summed E-state index contributed by atoms with van der Waals surface area (Å²) in [5, 5.41) is 0. The summed E-state index contributed by atoms with van der Waals surface area (Å²) in [4.78, 5) is 8.35. The topological polar surface area (TPSA) is 66.0 Å². The van der Waals surface area contributed by atoms with E-state index in [-0.39, 0.29) is 0 Å². The Morgan fingerprint density at radius 3 is 3.05 bits per heavy atom. The Morgan fingerprint density at radius 1 is 1.32 bits per heavy atom. The molecule has 0 radical (unpaired) electrons. The molecule has 0 amide bonds. The van der Waals surface area contributed by atoms with E-state index in [1.54, 1.807) is 12.4 Å². The Bertz CT molecular complexity index is 720. The van der Waals surface area contributed by atoms with Gasteiger partial charge in [0, 0.05) is 12.3 Å². The van der Waals surface area contributed by atoms with Gasteiger partial charge in [-0.2, -0.15) is 0 Å². The van der Waals surface area contributed by atoms with Crippen LogP contribution >= 0.6 is 0 Å². The van der Waals surface area contributed by atoms with Crippen LogP contribution in [0.3, 0.4) is 0 Å². The molecule has 96 valence electrons. The Hall–Kier alpha value is -2.56. The summed E-state index contributed by atoms with van der Waals surface area (Å²) in [5.41, 5.74) is 8.63. The SMILES string of the molecule is CCOc1cccc(-n2c(N)nc3cnccc32)c1. The average Bonchev–Trinajstić information content (AvgIpc) is 2.75. The molecule has 0 fully saturated rings. The molecule has 0 spiro atoms. The first kappa shape index (κ1) is 11.5. The van der Waals surface area contributed by atoms with Crippen LogP contribution in [0.1, 0.15) is 6.92 Å². The highest BCUT2D eigenvalue weighted by Crippen LogP contribution is 2.24. The first-order valence-corrected chi connectivity index (χ1v) is 6.11. The molecule has 5 nitrogen and oxygen atoms in total. The minimum Gasteiger partial charge on any atom is -0.494 e. The van der Waals surface area contributed by atoms with Crippen molar-refractivity contribution < 1.29 is 4.74 Å². The van der Waals surface area contributed by atoms with Gasteiger partial charge < -0.3 is 10.5 Å². The second-order valence-electron chi connectivity index (χ2n) is 4.10. The molecule has 0 unspecified atom stereocenters. The van der Waals surface area contributed by atoms with Crippen LogP contribution in [0.5, 0.6) is 5.75 Å². The molecule has 0 aliphatic heterocycles. The van der Waals surface area contributed by atoms with Crippen molar-refractivity contribution in [3.63, 3.8) is 0 Å². The fourth-order valence-corrected chi connectivity index (χ4v) is 2.10. The summed E-state index contributed by atoms with van der Waals surface area (Å²) < 4.78 is 7.40. The van der Waals surface area contributed by atoms with E-state index in [1.165, 1.54) is 0 Å². The van der Waals surface area contributed by atoms with Crippen molar-refractivity contribution in [3.05, 3.63) is 42.7 Å². The highest BCUT2D eigenvalue weighted by molar-refractivity contribution is 5.79. The normalized spacial score (nSPS) is 10.8. The molecule has 0 atom stereocenters. The quantitative estimate of drug-likeness (QED) is 0.779. The smallest absolute Gasteiger partial charge is 0.205 e. The molecule has 0 saturated heterocycles. The van der Waals surface area contributed by atoms with Crippen molar-refractivity contribution in [3.8, 4) is 11.4 Å². The lowest BCUT2D eigenvalue weighted by atomic mass is 10.3. The number of imidazole rings is 1. The molecular weight excluding hydrogens is 240 g/mol. The van der Waals surface area contributed by atoms with Crippen LogP contribution in [-0.4, -0.2) is 21.1 Å². The van der Waals surface area contributed by atoms with Gasteiger partial charge in [-0.15, -0.1) is 0 Å². The predicted octanol–water partition coefficient (Wildman–Crippen LogP) is 2.40. The minimum absolute atomic E-state index is 0.441. The van der Waals surface area contributed by atoms with Gasteiger partial charge in [-0.25, -0.2) is 4.98 Å². The van der Waals surface area contributed by atoms with Crippen molar-refractivity contribution in [1.82, 2.24) is 14.5 Å². The zero-order chi connectivity index (χ0) is 13.2. The molecular formula is C14H14N4O. The standard InChI is InChI=1S/C14H14N4O/c1-2-19-11-5-3-4-10(8-11)18-13-6-7-16-9-12(13)17-14(18)15/h3-9H,2H2,1H3,(H2,15,17). The predicted molar refractivity (Wildman–Crippen MR) is 74.4 cm³/mol. The highest BCUT2D eigenvalue weighted by Gasteiger charge is 2.10. The van der Waals surface area contributed by atoms with E-state index < -0.39 is 0 Å². The molecule has 3 aromatic rings. The van der Waals surface area contributed by atoms with Gasteiger partial charge in [0.05, 0.1) is 24.0 Å². The van der Waals surface area contributed by atoms with E-state index >= 15 is 0 Å². The lowest BCUT2D eigenvalue weighted by Gasteiger charge is -2.09. The molecule has 19 heavy (non-hydrogen) atoms. The number of ether oxygens (including phenoxy) is 1. The first-order chi connectivity index (χ1) is 9.29. The Labute approximate surface area is 110 Å². The van der Waals surface area contributed by atoms with Crippen molar-refractivity contribution in [2.45, 2.75) is 6.92 Å². The Morgan fingerprint density at radius 2 is 2.21 bits per heavy atom. The number of nitrogens with two attached hydrogens (primary N) is 1. The average molecular weight is 254 g/mol. The number of benzene rings is 1. The number of hydrogen-bond donors (Lipinski definition) is 1. The summed E-state index contributed by atoms with van der Waals surface area (Å²) in [5.74, 6) is 1.26. The molecule has 2 aromatic heterocycles. The molecule has 0 bridgehead atoms. The molecule has 2 N–H and O–H groups in total. The van der Waals surface area contributed by atoms with Gasteiger partial charge in [-0.3, -0.25) is 9.55 Å². The van der Waals surface area contributed by atoms with Gasteiger partial charge in [0.15, 0.2) is 0 Å². The van der Waals surface area contributed by atoms with Crippen LogP contribution in [0.2, 0.25) is 0 Å². The Kier molecular flexibility index (Phi) is 2.79. The minimum atomic E-state index is 0.441. The van der Waals surface area contributed by atoms with Gasteiger partial charge in [-0.1, -0.05) is 6.07 Å². The Balaban J connectivity index is 2.18. The van der Waals surface area contributed by atoms with Crippen LogP contribution in [0.25, 0.3) is 16.7 Å². The van der Waals surface area contributed by atoms with Crippen LogP contribution in [0.4, 0.5) is 5.95 Å². The number of fused-ring (bicyclic) bond motifs is 1. The van der Waals surface area contributed by atoms with E-state index in [9.17, 15) is 0 Å². The van der Waals surface area contributed by atoms with Crippen molar-refractivity contribution in [2.75, 3.05) is 12.3 Å². The number of anilines is 1. The van der Waals surface area contributed by atoms with E-state index in [0.29, 0.717) is 12.6 Å². The lowest BCUT2D eigenvalue weighted by molar-refractivity contribution is 0.340. The van der Waals surface area contributed by atoms with Crippen LogP contribution < -0.4 is 10.5 Å². The monoisotopic (exact) mass is 254 g/mol. The third-order valence-corrected chi connectivity index (χ3v) is 2.87. The fraction of sp³-hybridized carbons (Fsp3) is 0.143. The summed E-state index contributed by atoms with van der Waals surface area (Å²) in [6, 6.07) is 9.67. The zero-order valence-electron chi connectivity index (χ0n) is 10.6. The summed E-state index contributed by atoms with van der Waals surface area (Å²) >= 11 is 0. The van der Waals surface area contributed by atoms with Crippen LogP contribution in [-0.2, 0) is 0 Å². The molecule has 2 heterocycles. The maximum absolute atomic E-state index is 5.99. The summed E-state index contributed by atoms with van der Waals surface area (Å²) in [6.45, 7) is 2.59. The van der Waals surface area contributed by atoms with Crippen molar-refractivity contribution in [2.24, 2.45) is 0 Å². The van der Waals surface area contributed by atoms with Crippen LogP contribution in [0.15, 0.2) is 42.7 Å². The zero-order valence-corrected chi connectivity index (χ0v) is 10.6. The van der Waals surface area contributed by atoms with E-state index in [0.717, 1.165) is 22.5 Å². The second kappa shape index (κ2) is 4.61. The molecule has 0 saturated carbocycles. The number of nitrogen functional groups attached to an aromatic ring is 1. The van der Waals surface area contributed by atoms with Gasteiger partial charge in [0.2, 0.25) is 5.95 Å². The highest BCUT2D eigenvalue weighted by atomic mass is 16.5. The second-order valence-corrected chi connectivity index (χ2v) is 4.10. The summed E-state index contributed by atoms with van der Waals surface area (Å²) in [7, 11) is 0. The number of pyridine rings is 1. The van der Waals surface area contributed by atoms with Gasteiger partial charge >= 0.3 is 0 Å². The third kappa shape index (κ3) is 1.99. The van der Waals surface area contributed by atoms with E-state index in [4.69, 9.17) is 10.5 Å². The lowest BCUT2D eigenvalue weighted by Crippen LogP contribution is -2.01. The molecule has 0 aliphatic rings. The maximum Gasteiger partial charge on any atom is 0.205 e. The number of aromatic nitrogens is 3. The number of hydrogen-bond acceptors (Lipinski definition) is 4. The van der Waals surface area contributed by atoms with Gasteiger partial charge in [-0.05, 0) is 25.1 Å². The molecule has 5 heteroatoms. The number of rotatable bonds is 3. The molecule has 3 rings (SSSR count). The van der Waals surface area contributed by atoms with E-state index in [1.807, 2.05) is 41.8 Å². The largest absolute Gasteiger partial charge is 0.494 e. The van der Waals surface area contributed by atoms with Crippen molar-refractivity contribution >= 4 is 17.0 Å². The van der Waals surface area contributed by atoms with Crippen molar-refractivity contribution in [1.29, 1.82) is 0 Å². The maximum atomic E-state index is 5.99. The number of nitrogens with zero attached hydrogens (tertiary/aromatic N) is 3. The van der Waals surface area contributed by atoms with Crippen LogP contribution in [0, 0.1) is 0 Å². The van der Waals surface area contributed by atoms with Gasteiger partial charge in [0.25, 0.3) is 0 Å².